The topological polar surface area (TPSA) is 150 Å². The number of nitro groups is 1. The number of nitro benzene ring substituents is 1. The number of benzene rings is 2. The third-order valence-corrected chi connectivity index (χ3v) is 5.41. The molecule has 2 heterocycles. The van der Waals surface area contributed by atoms with Crippen molar-refractivity contribution in [1.29, 1.82) is 0 Å². The van der Waals surface area contributed by atoms with Crippen molar-refractivity contribution in [3.05, 3.63) is 55.9 Å². The van der Waals surface area contributed by atoms with Crippen LogP contribution in [0, 0.1) is 10.1 Å². The monoisotopic (exact) mass is 476 g/mol. The van der Waals surface area contributed by atoms with Crippen molar-refractivity contribution < 1.29 is 29.0 Å². The molecular formula is C19H13ClN4O7S. The first kappa shape index (κ1) is 21.5. The van der Waals surface area contributed by atoms with Crippen LogP contribution in [0.5, 0.6) is 17.2 Å². The van der Waals surface area contributed by atoms with Gasteiger partial charge in [-0.1, -0.05) is 11.6 Å². The third-order valence-electron chi connectivity index (χ3n) is 4.30. The van der Waals surface area contributed by atoms with E-state index in [4.69, 9.17) is 25.8 Å². The molecule has 2 N–H and O–H groups in total. The van der Waals surface area contributed by atoms with Gasteiger partial charge in [0.15, 0.2) is 17.3 Å². The summed E-state index contributed by atoms with van der Waals surface area (Å²) in [4.78, 5) is 26.7. The molecule has 0 atom stereocenters. The Balaban J connectivity index is 1.68. The molecule has 0 spiro atoms. The standard InChI is InChI=1S/C19H13ClN4O7S/c1-29-13-3-2-10(20)6-11(13)17-21-19(23-22-17)32-16(18(25)26)5-9-4-14-15(31-8-30-14)7-12(9)24(27)28/h2-7H,8H2,1H3,(H,25,26)(H,21,22,23)/b16-5-. The van der Waals surface area contributed by atoms with Gasteiger partial charge in [0.05, 0.1) is 29.2 Å². The van der Waals surface area contributed by atoms with Gasteiger partial charge in [-0.25, -0.2) is 9.78 Å². The summed E-state index contributed by atoms with van der Waals surface area (Å²) in [5.41, 5.74) is 0.246. The molecule has 0 bridgehead atoms. The van der Waals surface area contributed by atoms with Crippen molar-refractivity contribution in [3.8, 4) is 28.6 Å². The first-order valence-corrected chi connectivity index (χ1v) is 10.0. The van der Waals surface area contributed by atoms with E-state index in [9.17, 15) is 20.0 Å². The number of rotatable bonds is 7. The Hall–Kier alpha value is -3.77. The molecule has 0 saturated heterocycles. The fourth-order valence-corrected chi connectivity index (χ4v) is 3.74. The largest absolute Gasteiger partial charge is 0.496 e. The lowest BCUT2D eigenvalue weighted by Crippen LogP contribution is -1.99. The number of ether oxygens (including phenoxy) is 3. The highest BCUT2D eigenvalue weighted by atomic mass is 35.5. The van der Waals surface area contributed by atoms with Gasteiger partial charge in [0, 0.05) is 5.02 Å². The number of fused-ring (bicyclic) bond motifs is 1. The summed E-state index contributed by atoms with van der Waals surface area (Å²) >= 11 is 6.76. The minimum atomic E-state index is -1.31. The van der Waals surface area contributed by atoms with E-state index in [-0.39, 0.29) is 39.6 Å². The minimum absolute atomic E-state index is 0.0384. The van der Waals surface area contributed by atoms with Crippen LogP contribution in [0.25, 0.3) is 17.5 Å². The van der Waals surface area contributed by atoms with Gasteiger partial charge in [-0.3, -0.25) is 15.2 Å². The van der Waals surface area contributed by atoms with Crippen LogP contribution < -0.4 is 14.2 Å². The number of halogens is 1. The fourth-order valence-electron chi connectivity index (χ4n) is 2.87. The minimum Gasteiger partial charge on any atom is -0.496 e. The zero-order chi connectivity index (χ0) is 22.8. The van der Waals surface area contributed by atoms with Crippen LogP contribution in [0.1, 0.15) is 5.56 Å². The Morgan fingerprint density at radius 1 is 1.34 bits per heavy atom. The summed E-state index contributed by atoms with van der Waals surface area (Å²) in [6, 6.07) is 7.48. The molecule has 0 saturated carbocycles. The molecule has 1 aromatic heterocycles. The highest BCUT2D eigenvalue weighted by Crippen LogP contribution is 2.40. The Labute approximate surface area is 189 Å². The SMILES string of the molecule is COc1ccc(Cl)cc1-c1nc(S/C(=C\c2cc3c(cc2[N+](=O)[O-])OCO3)C(=O)O)n[nH]1. The van der Waals surface area contributed by atoms with Gasteiger partial charge < -0.3 is 19.3 Å². The molecule has 0 aliphatic carbocycles. The van der Waals surface area contributed by atoms with Crippen molar-refractivity contribution in [2.24, 2.45) is 0 Å². The summed E-state index contributed by atoms with van der Waals surface area (Å²) in [5, 5.41) is 28.4. The van der Waals surface area contributed by atoms with Crippen molar-refractivity contribution in [1.82, 2.24) is 15.2 Å². The molecule has 2 aromatic carbocycles. The third kappa shape index (κ3) is 4.31. The van der Waals surface area contributed by atoms with Gasteiger partial charge in [-0.15, -0.1) is 5.10 Å². The number of carbonyl (C=O) groups is 1. The van der Waals surface area contributed by atoms with Gasteiger partial charge >= 0.3 is 5.97 Å². The van der Waals surface area contributed by atoms with Gasteiger partial charge in [-0.2, -0.15) is 0 Å². The lowest BCUT2D eigenvalue weighted by Gasteiger charge is -2.05. The number of H-pyrrole nitrogens is 1. The van der Waals surface area contributed by atoms with Gasteiger partial charge in [-0.05, 0) is 42.1 Å². The number of carboxylic acid groups (broad SMARTS) is 1. The number of hydrogen-bond acceptors (Lipinski definition) is 9. The lowest BCUT2D eigenvalue weighted by atomic mass is 10.1. The van der Waals surface area contributed by atoms with E-state index < -0.39 is 10.9 Å². The number of carboxylic acids is 1. The molecule has 0 radical (unpaired) electrons. The molecule has 164 valence electrons. The summed E-state index contributed by atoms with van der Waals surface area (Å²) in [7, 11) is 1.49. The van der Waals surface area contributed by atoms with Crippen molar-refractivity contribution in [2.45, 2.75) is 5.16 Å². The zero-order valence-corrected chi connectivity index (χ0v) is 17.8. The van der Waals surface area contributed by atoms with Crippen LogP contribution >= 0.6 is 23.4 Å². The molecule has 32 heavy (non-hydrogen) atoms. The van der Waals surface area contributed by atoms with Crippen molar-refractivity contribution in [3.63, 3.8) is 0 Å². The first-order chi connectivity index (χ1) is 15.4. The van der Waals surface area contributed by atoms with Gasteiger partial charge in [0.1, 0.15) is 10.7 Å². The van der Waals surface area contributed by atoms with Gasteiger partial charge in [0.25, 0.3) is 5.69 Å². The number of aromatic amines is 1. The maximum atomic E-state index is 11.8. The maximum Gasteiger partial charge on any atom is 0.342 e. The molecule has 1 aliphatic rings. The number of hydrogen-bond donors (Lipinski definition) is 2. The predicted octanol–water partition coefficient (Wildman–Crippen LogP) is 3.99. The molecule has 1 aliphatic heterocycles. The van der Waals surface area contributed by atoms with Crippen molar-refractivity contribution >= 4 is 41.1 Å². The molecule has 11 nitrogen and oxygen atoms in total. The average Bonchev–Trinajstić information content (AvgIpc) is 3.41. The molecule has 0 fully saturated rings. The number of aliphatic carboxylic acids is 1. The molecule has 3 aromatic rings. The smallest absolute Gasteiger partial charge is 0.342 e. The second-order valence-electron chi connectivity index (χ2n) is 6.25. The van der Waals surface area contributed by atoms with Crippen LogP contribution in [0.4, 0.5) is 5.69 Å². The zero-order valence-electron chi connectivity index (χ0n) is 16.2. The van der Waals surface area contributed by atoms with E-state index in [0.29, 0.717) is 22.2 Å². The van der Waals surface area contributed by atoms with Crippen LogP contribution in [0.2, 0.25) is 5.02 Å². The summed E-state index contributed by atoms with van der Waals surface area (Å²) in [6.07, 6.45) is 1.16. The average molecular weight is 477 g/mol. The normalized spacial score (nSPS) is 12.6. The van der Waals surface area contributed by atoms with E-state index in [1.807, 2.05) is 0 Å². The number of nitrogens with zero attached hydrogens (tertiary/aromatic N) is 3. The summed E-state index contributed by atoms with van der Waals surface area (Å²) in [5.74, 6) is -0.0105. The van der Waals surface area contributed by atoms with E-state index in [1.54, 1.807) is 18.2 Å². The first-order valence-electron chi connectivity index (χ1n) is 8.83. The summed E-state index contributed by atoms with van der Waals surface area (Å²) in [6.45, 7) is -0.0763. The highest BCUT2D eigenvalue weighted by Gasteiger charge is 2.24. The number of methoxy groups -OCH3 is 1. The Morgan fingerprint density at radius 2 is 2.09 bits per heavy atom. The van der Waals surface area contributed by atoms with E-state index in [0.717, 1.165) is 17.8 Å². The lowest BCUT2D eigenvalue weighted by molar-refractivity contribution is -0.385. The number of nitrogens with one attached hydrogen (secondary N) is 1. The van der Waals surface area contributed by atoms with E-state index in [2.05, 4.69) is 15.2 Å². The number of thioether (sulfide) groups is 1. The predicted molar refractivity (Wildman–Crippen MR) is 114 cm³/mol. The van der Waals surface area contributed by atoms with Crippen LogP contribution in [-0.2, 0) is 4.79 Å². The van der Waals surface area contributed by atoms with Gasteiger partial charge in [0.2, 0.25) is 11.9 Å². The maximum absolute atomic E-state index is 11.8. The Bertz CT molecular complexity index is 1260. The second kappa shape index (κ2) is 8.77. The summed E-state index contributed by atoms with van der Waals surface area (Å²) < 4.78 is 15.7. The second-order valence-corrected chi connectivity index (χ2v) is 7.69. The Kier molecular flexibility index (Phi) is 5.88. The van der Waals surface area contributed by atoms with Crippen LogP contribution in [-0.4, -0.2) is 45.1 Å². The molecule has 13 heteroatoms. The highest BCUT2D eigenvalue weighted by molar-refractivity contribution is 8.04. The number of aromatic nitrogens is 3. The fraction of sp³-hybridized carbons (Fsp3) is 0.105. The molecule has 0 amide bonds. The molecular weight excluding hydrogens is 464 g/mol. The quantitative estimate of drug-likeness (QED) is 0.222. The van der Waals surface area contributed by atoms with Crippen molar-refractivity contribution in [2.75, 3.05) is 13.9 Å². The van der Waals surface area contributed by atoms with Crippen LogP contribution in [0.15, 0.2) is 40.4 Å². The van der Waals surface area contributed by atoms with Crippen LogP contribution in [0.3, 0.4) is 0 Å². The molecule has 0 unspecified atom stereocenters. The molecule has 4 rings (SSSR count). The Morgan fingerprint density at radius 3 is 2.78 bits per heavy atom. The van der Waals surface area contributed by atoms with E-state index in [1.165, 1.54) is 19.2 Å². The van der Waals surface area contributed by atoms with E-state index >= 15 is 0 Å².